The summed E-state index contributed by atoms with van der Waals surface area (Å²) in [6, 6.07) is 3.90. The number of aryl methyl sites for hydroxylation is 1. The first kappa shape index (κ1) is 15.4. The van der Waals surface area contributed by atoms with Gasteiger partial charge in [-0.15, -0.1) is 0 Å². The lowest BCUT2D eigenvalue weighted by atomic mass is 10.00. The van der Waals surface area contributed by atoms with Crippen LogP contribution in [0.3, 0.4) is 0 Å². The van der Waals surface area contributed by atoms with Gasteiger partial charge in [-0.25, -0.2) is 9.78 Å². The highest BCUT2D eigenvalue weighted by atomic mass is 16.6. The van der Waals surface area contributed by atoms with E-state index in [1.165, 1.54) is 5.57 Å². The third-order valence-electron chi connectivity index (χ3n) is 3.20. The Labute approximate surface area is 125 Å². The smallest absolute Gasteiger partial charge is 0.410 e. The zero-order valence-electron chi connectivity index (χ0n) is 13.1. The van der Waals surface area contributed by atoms with E-state index >= 15 is 0 Å². The molecule has 2 rings (SSSR count). The largest absolute Gasteiger partial charge is 0.444 e. The van der Waals surface area contributed by atoms with Crippen molar-refractivity contribution in [2.45, 2.75) is 39.7 Å². The molecule has 0 bridgehead atoms. The van der Waals surface area contributed by atoms with Gasteiger partial charge in [-0.2, -0.15) is 0 Å². The zero-order valence-corrected chi connectivity index (χ0v) is 13.1. The van der Waals surface area contributed by atoms with Crippen molar-refractivity contribution in [1.82, 2.24) is 9.88 Å². The average Bonchev–Trinajstić information content (AvgIpc) is 2.35. The van der Waals surface area contributed by atoms with E-state index < -0.39 is 5.60 Å². The minimum atomic E-state index is -0.461. The van der Waals surface area contributed by atoms with Crippen molar-refractivity contribution in [2.75, 3.05) is 18.8 Å². The fraction of sp³-hybridized carbons (Fsp3) is 0.500. The molecule has 2 heterocycles. The number of rotatable bonds is 1. The number of aromatic nitrogens is 1. The maximum absolute atomic E-state index is 12.0. The summed E-state index contributed by atoms with van der Waals surface area (Å²) in [4.78, 5) is 17.9. The van der Waals surface area contributed by atoms with Crippen LogP contribution in [-0.2, 0) is 4.74 Å². The number of carbonyl (C=O) groups excluding carboxylic acids is 1. The summed E-state index contributed by atoms with van der Waals surface area (Å²) >= 11 is 0. The number of nitrogens with two attached hydrogens (primary N) is 1. The highest BCUT2D eigenvalue weighted by Gasteiger charge is 2.23. The maximum atomic E-state index is 12.0. The molecule has 0 saturated carbocycles. The molecule has 0 unspecified atom stereocenters. The van der Waals surface area contributed by atoms with Gasteiger partial charge in [0.25, 0.3) is 0 Å². The zero-order chi connectivity index (χ0) is 15.6. The van der Waals surface area contributed by atoms with Crippen molar-refractivity contribution in [3.05, 3.63) is 29.5 Å². The molecule has 0 radical (unpaired) electrons. The van der Waals surface area contributed by atoms with Gasteiger partial charge in [0.1, 0.15) is 11.4 Å². The van der Waals surface area contributed by atoms with Gasteiger partial charge in [-0.05, 0) is 57.4 Å². The van der Waals surface area contributed by atoms with E-state index in [1.54, 1.807) is 4.90 Å². The molecule has 1 aliphatic rings. The SMILES string of the molecule is Cc1cc(C2=CCN(C(=O)OC(C)(C)C)CC2)cc(N)n1. The Morgan fingerprint density at radius 3 is 2.62 bits per heavy atom. The van der Waals surface area contributed by atoms with Gasteiger partial charge in [0.15, 0.2) is 0 Å². The van der Waals surface area contributed by atoms with Crippen LogP contribution in [0.2, 0.25) is 0 Å². The normalized spacial score (nSPS) is 15.6. The molecular weight excluding hydrogens is 266 g/mol. The Balaban J connectivity index is 2.06. The molecule has 1 aliphatic heterocycles. The monoisotopic (exact) mass is 289 g/mol. The van der Waals surface area contributed by atoms with Crippen molar-refractivity contribution in [2.24, 2.45) is 0 Å². The van der Waals surface area contributed by atoms with Gasteiger partial charge >= 0.3 is 6.09 Å². The molecule has 0 fully saturated rings. The van der Waals surface area contributed by atoms with Gasteiger partial charge in [0.2, 0.25) is 0 Å². The Hall–Kier alpha value is -2.04. The van der Waals surface area contributed by atoms with Crippen LogP contribution in [0.15, 0.2) is 18.2 Å². The lowest BCUT2D eigenvalue weighted by Crippen LogP contribution is -2.39. The van der Waals surface area contributed by atoms with Gasteiger partial charge in [-0.1, -0.05) is 6.08 Å². The lowest BCUT2D eigenvalue weighted by Gasteiger charge is -2.29. The van der Waals surface area contributed by atoms with Gasteiger partial charge < -0.3 is 15.4 Å². The van der Waals surface area contributed by atoms with E-state index in [-0.39, 0.29) is 6.09 Å². The Bertz CT molecular complexity index is 553. The number of amides is 1. The van der Waals surface area contributed by atoms with Crippen LogP contribution in [0.1, 0.15) is 38.4 Å². The first-order chi connectivity index (χ1) is 9.74. The third-order valence-corrected chi connectivity index (χ3v) is 3.20. The van der Waals surface area contributed by atoms with E-state index in [0.717, 1.165) is 17.7 Å². The fourth-order valence-electron chi connectivity index (χ4n) is 2.30. The molecule has 1 amide bonds. The Morgan fingerprint density at radius 2 is 2.10 bits per heavy atom. The topological polar surface area (TPSA) is 68.5 Å². The summed E-state index contributed by atoms with van der Waals surface area (Å²) < 4.78 is 5.38. The molecule has 0 atom stereocenters. The van der Waals surface area contributed by atoms with Gasteiger partial charge in [0.05, 0.1) is 0 Å². The first-order valence-electron chi connectivity index (χ1n) is 7.16. The van der Waals surface area contributed by atoms with E-state index in [4.69, 9.17) is 10.5 Å². The molecule has 0 saturated heterocycles. The second kappa shape index (κ2) is 5.76. The highest BCUT2D eigenvalue weighted by molar-refractivity contribution is 5.73. The van der Waals surface area contributed by atoms with Crippen LogP contribution >= 0.6 is 0 Å². The van der Waals surface area contributed by atoms with Crippen LogP contribution in [0.25, 0.3) is 5.57 Å². The van der Waals surface area contributed by atoms with E-state index in [0.29, 0.717) is 18.9 Å². The van der Waals surface area contributed by atoms with Crippen molar-refractivity contribution < 1.29 is 9.53 Å². The lowest BCUT2D eigenvalue weighted by molar-refractivity contribution is 0.0270. The number of nitrogens with zero attached hydrogens (tertiary/aromatic N) is 2. The van der Waals surface area contributed by atoms with Crippen LogP contribution in [-0.4, -0.2) is 34.7 Å². The van der Waals surface area contributed by atoms with Crippen LogP contribution in [0.4, 0.5) is 10.6 Å². The number of hydrogen-bond acceptors (Lipinski definition) is 4. The number of anilines is 1. The van der Waals surface area contributed by atoms with Crippen molar-refractivity contribution in [1.29, 1.82) is 0 Å². The fourth-order valence-corrected chi connectivity index (χ4v) is 2.30. The van der Waals surface area contributed by atoms with Crippen LogP contribution < -0.4 is 5.73 Å². The Morgan fingerprint density at radius 1 is 1.38 bits per heavy atom. The number of hydrogen-bond donors (Lipinski definition) is 1. The molecule has 1 aromatic heterocycles. The van der Waals surface area contributed by atoms with E-state index in [1.807, 2.05) is 39.8 Å². The molecule has 5 heteroatoms. The number of carbonyl (C=O) groups is 1. The van der Waals surface area contributed by atoms with E-state index in [2.05, 4.69) is 11.1 Å². The van der Waals surface area contributed by atoms with E-state index in [9.17, 15) is 4.79 Å². The summed E-state index contributed by atoms with van der Waals surface area (Å²) in [5, 5.41) is 0. The highest BCUT2D eigenvalue weighted by Crippen LogP contribution is 2.24. The summed E-state index contributed by atoms with van der Waals surface area (Å²) in [7, 11) is 0. The molecule has 1 aromatic rings. The van der Waals surface area contributed by atoms with Crippen molar-refractivity contribution in [3.8, 4) is 0 Å². The van der Waals surface area contributed by atoms with Crippen LogP contribution in [0.5, 0.6) is 0 Å². The minimum absolute atomic E-state index is 0.261. The van der Waals surface area contributed by atoms with Crippen LogP contribution in [0, 0.1) is 6.92 Å². The molecule has 0 spiro atoms. The summed E-state index contributed by atoms with van der Waals surface area (Å²) in [6.07, 6.45) is 2.59. The predicted molar refractivity (Wildman–Crippen MR) is 83.8 cm³/mol. The van der Waals surface area contributed by atoms with Crippen molar-refractivity contribution in [3.63, 3.8) is 0 Å². The summed E-state index contributed by atoms with van der Waals surface area (Å²) in [6.45, 7) is 8.76. The second-order valence-corrected chi connectivity index (χ2v) is 6.33. The molecular formula is C16H23N3O2. The number of pyridine rings is 1. The third kappa shape index (κ3) is 4.21. The van der Waals surface area contributed by atoms with Gasteiger partial charge in [-0.3, -0.25) is 0 Å². The quantitative estimate of drug-likeness (QED) is 0.863. The maximum Gasteiger partial charge on any atom is 0.410 e. The van der Waals surface area contributed by atoms with Crippen molar-refractivity contribution >= 4 is 17.5 Å². The average molecular weight is 289 g/mol. The molecule has 5 nitrogen and oxygen atoms in total. The predicted octanol–water partition coefficient (Wildman–Crippen LogP) is 3.00. The molecule has 0 aromatic carbocycles. The number of nitrogen functional groups attached to an aromatic ring is 1. The molecule has 0 aliphatic carbocycles. The standard InChI is InChI=1S/C16H23N3O2/c1-11-9-13(10-14(17)18-11)12-5-7-19(8-6-12)15(20)21-16(2,3)4/h5,9-10H,6-8H2,1-4H3,(H2,17,18). The first-order valence-corrected chi connectivity index (χ1v) is 7.16. The summed E-state index contributed by atoms with van der Waals surface area (Å²) in [5.41, 5.74) is 8.52. The second-order valence-electron chi connectivity index (χ2n) is 6.33. The molecule has 114 valence electrons. The minimum Gasteiger partial charge on any atom is -0.444 e. The number of ether oxygens (including phenoxy) is 1. The summed E-state index contributed by atoms with van der Waals surface area (Å²) in [5.74, 6) is 0.528. The molecule has 2 N–H and O–H groups in total. The van der Waals surface area contributed by atoms with Gasteiger partial charge in [0, 0.05) is 18.8 Å². The molecule has 21 heavy (non-hydrogen) atoms. The Kier molecular flexibility index (Phi) is 4.21.